The number of hydrogen-bond donors (Lipinski definition) is 1. The number of benzene rings is 2. The van der Waals surface area contributed by atoms with E-state index < -0.39 is 5.82 Å². The number of amides is 1. The van der Waals surface area contributed by atoms with Crippen molar-refractivity contribution >= 4 is 5.91 Å². The standard InChI is InChI=1S/C19H16FN3O2/c1-25-17-8-7-13(9-16(17)20)10-23-19(24)15-11-21-18(22-12-15)14-5-3-2-4-6-14/h2-9,11-12H,10H2,1H3,(H,23,24). The van der Waals surface area contributed by atoms with E-state index in [0.29, 0.717) is 17.0 Å². The van der Waals surface area contributed by atoms with E-state index in [1.165, 1.54) is 31.6 Å². The lowest BCUT2D eigenvalue weighted by Gasteiger charge is -2.07. The molecule has 0 aliphatic carbocycles. The highest BCUT2D eigenvalue weighted by Crippen LogP contribution is 2.17. The Kier molecular flexibility index (Phi) is 4.99. The van der Waals surface area contributed by atoms with E-state index in [2.05, 4.69) is 15.3 Å². The van der Waals surface area contributed by atoms with Crippen molar-refractivity contribution in [3.05, 3.63) is 77.9 Å². The van der Waals surface area contributed by atoms with Gasteiger partial charge < -0.3 is 10.1 Å². The lowest BCUT2D eigenvalue weighted by atomic mass is 10.2. The third-order valence-electron chi connectivity index (χ3n) is 3.62. The highest BCUT2D eigenvalue weighted by molar-refractivity contribution is 5.93. The average molecular weight is 337 g/mol. The van der Waals surface area contributed by atoms with Crippen LogP contribution in [0.15, 0.2) is 60.9 Å². The van der Waals surface area contributed by atoms with Crippen LogP contribution >= 0.6 is 0 Å². The molecule has 126 valence electrons. The van der Waals surface area contributed by atoms with Crippen molar-refractivity contribution in [1.29, 1.82) is 0 Å². The monoisotopic (exact) mass is 337 g/mol. The largest absolute Gasteiger partial charge is 0.494 e. The second-order valence-corrected chi connectivity index (χ2v) is 5.31. The van der Waals surface area contributed by atoms with E-state index >= 15 is 0 Å². The first kappa shape index (κ1) is 16.6. The number of ether oxygens (including phenoxy) is 1. The normalized spacial score (nSPS) is 10.3. The summed E-state index contributed by atoms with van der Waals surface area (Å²) in [4.78, 5) is 20.6. The molecule has 0 unspecified atom stereocenters. The van der Waals surface area contributed by atoms with Gasteiger partial charge >= 0.3 is 0 Å². The maximum Gasteiger partial charge on any atom is 0.254 e. The Bertz CT molecular complexity index is 868. The van der Waals surface area contributed by atoms with Crippen molar-refractivity contribution < 1.29 is 13.9 Å². The van der Waals surface area contributed by atoms with E-state index in [9.17, 15) is 9.18 Å². The molecule has 25 heavy (non-hydrogen) atoms. The summed E-state index contributed by atoms with van der Waals surface area (Å²) < 4.78 is 18.5. The summed E-state index contributed by atoms with van der Waals surface area (Å²) in [6, 6.07) is 14.0. The number of aromatic nitrogens is 2. The zero-order valence-electron chi connectivity index (χ0n) is 13.6. The van der Waals surface area contributed by atoms with Gasteiger partial charge in [0.05, 0.1) is 12.7 Å². The quantitative estimate of drug-likeness (QED) is 0.776. The summed E-state index contributed by atoms with van der Waals surface area (Å²) in [5.41, 5.74) is 1.85. The van der Waals surface area contributed by atoms with Crippen LogP contribution in [0.1, 0.15) is 15.9 Å². The number of hydrogen-bond acceptors (Lipinski definition) is 4. The molecule has 0 radical (unpaired) electrons. The molecule has 0 bridgehead atoms. The summed E-state index contributed by atoms with van der Waals surface area (Å²) in [6.45, 7) is 0.195. The predicted molar refractivity (Wildman–Crippen MR) is 91.6 cm³/mol. The van der Waals surface area contributed by atoms with Crippen molar-refractivity contribution in [2.45, 2.75) is 6.54 Å². The Morgan fingerprint density at radius 2 is 1.84 bits per heavy atom. The third-order valence-corrected chi connectivity index (χ3v) is 3.62. The fourth-order valence-corrected chi connectivity index (χ4v) is 2.29. The molecule has 0 atom stereocenters. The van der Waals surface area contributed by atoms with Crippen molar-refractivity contribution in [1.82, 2.24) is 15.3 Å². The number of carbonyl (C=O) groups excluding carboxylic acids is 1. The van der Waals surface area contributed by atoms with Crippen molar-refractivity contribution in [3.63, 3.8) is 0 Å². The van der Waals surface area contributed by atoms with E-state index in [4.69, 9.17) is 4.74 Å². The average Bonchev–Trinajstić information content (AvgIpc) is 2.67. The van der Waals surface area contributed by atoms with Crippen LogP contribution in [0, 0.1) is 5.82 Å². The SMILES string of the molecule is COc1ccc(CNC(=O)c2cnc(-c3ccccc3)nc2)cc1F. The second-order valence-electron chi connectivity index (χ2n) is 5.31. The van der Waals surface area contributed by atoms with Crippen LogP contribution in [0.25, 0.3) is 11.4 Å². The Morgan fingerprint density at radius 1 is 1.12 bits per heavy atom. The van der Waals surface area contributed by atoms with Gasteiger partial charge in [0.15, 0.2) is 17.4 Å². The van der Waals surface area contributed by atoms with Gasteiger partial charge in [-0.2, -0.15) is 0 Å². The molecule has 3 aromatic rings. The molecule has 5 nitrogen and oxygen atoms in total. The molecule has 2 aromatic carbocycles. The first-order valence-electron chi connectivity index (χ1n) is 7.65. The molecule has 1 heterocycles. The van der Waals surface area contributed by atoms with Crippen LogP contribution in [0.5, 0.6) is 5.75 Å². The zero-order chi connectivity index (χ0) is 17.6. The maximum absolute atomic E-state index is 13.6. The van der Waals surface area contributed by atoms with Crippen LogP contribution in [0.3, 0.4) is 0 Å². The lowest BCUT2D eigenvalue weighted by molar-refractivity contribution is 0.0950. The predicted octanol–water partition coefficient (Wildman–Crippen LogP) is 3.22. The van der Waals surface area contributed by atoms with Gasteiger partial charge in [0.2, 0.25) is 0 Å². The van der Waals surface area contributed by atoms with Gasteiger partial charge in [0.1, 0.15) is 0 Å². The molecule has 1 amide bonds. The summed E-state index contributed by atoms with van der Waals surface area (Å²) in [5.74, 6) is -0.0741. The second kappa shape index (κ2) is 7.53. The molecular weight excluding hydrogens is 321 g/mol. The van der Waals surface area contributed by atoms with Crippen LogP contribution in [-0.2, 0) is 6.54 Å². The topological polar surface area (TPSA) is 64.1 Å². The highest BCUT2D eigenvalue weighted by atomic mass is 19.1. The lowest BCUT2D eigenvalue weighted by Crippen LogP contribution is -2.23. The summed E-state index contributed by atoms with van der Waals surface area (Å²) in [6.07, 6.45) is 2.94. The van der Waals surface area contributed by atoms with E-state index in [1.54, 1.807) is 6.07 Å². The molecule has 0 saturated heterocycles. The molecule has 0 aliphatic heterocycles. The van der Waals surface area contributed by atoms with Crippen LogP contribution in [0.4, 0.5) is 4.39 Å². The molecule has 1 N–H and O–H groups in total. The fourth-order valence-electron chi connectivity index (χ4n) is 2.29. The Balaban J connectivity index is 1.64. The Morgan fingerprint density at radius 3 is 2.48 bits per heavy atom. The molecule has 0 fully saturated rings. The minimum absolute atomic E-state index is 0.167. The fraction of sp³-hybridized carbons (Fsp3) is 0.105. The molecule has 0 saturated carbocycles. The van der Waals surface area contributed by atoms with Crippen LogP contribution in [-0.4, -0.2) is 23.0 Å². The molecular formula is C19H16FN3O2. The molecule has 1 aromatic heterocycles. The van der Waals surface area contributed by atoms with Gasteiger partial charge in [-0.1, -0.05) is 36.4 Å². The molecule has 0 aliphatic rings. The summed E-state index contributed by atoms with van der Waals surface area (Å²) in [5, 5.41) is 2.71. The number of rotatable bonds is 5. The van der Waals surface area contributed by atoms with Crippen molar-refractivity contribution in [2.24, 2.45) is 0 Å². The number of nitrogens with one attached hydrogen (secondary N) is 1. The number of nitrogens with zero attached hydrogens (tertiary/aromatic N) is 2. The van der Waals surface area contributed by atoms with E-state index in [0.717, 1.165) is 5.56 Å². The smallest absolute Gasteiger partial charge is 0.254 e. The molecule has 0 spiro atoms. The van der Waals surface area contributed by atoms with Gasteiger partial charge in [-0.05, 0) is 17.7 Å². The first-order chi connectivity index (χ1) is 12.2. The van der Waals surface area contributed by atoms with Crippen molar-refractivity contribution in [3.8, 4) is 17.1 Å². The number of carbonyl (C=O) groups is 1. The third kappa shape index (κ3) is 3.98. The van der Waals surface area contributed by atoms with Gasteiger partial charge in [-0.3, -0.25) is 4.79 Å². The Labute approximate surface area is 144 Å². The minimum Gasteiger partial charge on any atom is -0.494 e. The van der Waals surface area contributed by atoms with E-state index in [-0.39, 0.29) is 18.2 Å². The number of methoxy groups -OCH3 is 1. The van der Waals surface area contributed by atoms with Gasteiger partial charge in [0.25, 0.3) is 5.91 Å². The Hall–Kier alpha value is -3.28. The summed E-state index contributed by atoms with van der Waals surface area (Å²) in [7, 11) is 1.40. The van der Waals surface area contributed by atoms with Gasteiger partial charge in [-0.15, -0.1) is 0 Å². The molecule has 3 rings (SSSR count). The van der Waals surface area contributed by atoms with Crippen molar-refractivity contribution in [2.75, 3.05) is 7.11 Å². The first-order valence-corrected chi connectivity index (χ1v) is 7.65. The summed E-state index contributed by atoms with van der Waals surface area (Å²) >= 11 is 0. The van der Waals surface area contributed by atoms with E-state index in [1.807, 2.05) is 30.3 Å². The highest BCUT2D eigenvalue weighted by Gasteiger charge is 2.09. The minimum atomic E-state index is -0.468. The maximum atomic E-state index is 13.6. The van der Waals surface area contributed by atoms with Crippen LogP contribution < -0.4 is 10.1 Å². The van der Waals surface area contributed by atoms with Gasteiger partial charge in [0, 0.05) is 24.5 Å². The number of halogens is 1. The van der Waals surface area contributed by atoms with Gasteiger partial charge in [-0.25, -0.2) is 14.4 Å². The van der Waals surface area contributed by atoms with Crippen LogP contribution in [0.2, 0.25) is 0 Å². The molecule has 6 heteroatoms. The zero-order valence-corrected chi connectivity index (χ0v) is 13.6.